The van der Waals surface area contributed by atoms with E-state index in [1.54, 1.807) is 11.8 Å². The van der Waals surface area contributed by atoms with Crippen LogP contribution in [0.5, 0.6) is 0 Å². The summed E-state index contributed by atoms with van der Waals surface area (Å²) in [6.45, 7) is 0.557. The molecule has 0 saturated carbocycles. The number of benzene rings is 1. The number of rotatable bonds is 7. The lowest BCUT2D eigenvalue weighted by Gasteiger charge is -1.97. The lowest BCUT2D eigenvalue weighted by molar-refractivity contribution is 0.849. The van der Waals surface area contributed by atoms with Crippen molar-refractivity contribution in [1.82, 2.24) is 0 Å². The van der Waals surface area contributed by atoms with Crippen LogP contribution in [0.4, 0.5) is 0 Å². The molecular formula is C13H14N4S. The van der Waals surface area contributed by atoms with E-state index in [0.29, 0.717) is 12.1 Å². The highest BCUT2D eigenvalue weighted by Gasteiger charge is 1.92. The summed E-state index contributed by atoms with van der Waals surface area (Å²) in [7, 11) is 0. The van der Waals surface area contributed by atoms with E-state index in [1.165, 1.54) is 5.56 Å². The van der Waals surface area contributed by atoms with Crippen molar-refractivity contribution in [3.63, 3.8) is 0 Å². The monoisotopic (exact) mass is 258 g/mol. The number of nitriles is 1. The molecule has 92 valence electrons. The standard InChI is InChI=1S/C13H14N4S/c14-10-12-4-6-13(7-5-12)11-18-9-3-1-2-8-16-17-15/h3-7,9H,1-2,8,11H2/b9-3-. The van der Waals surface area contributed by atoms with Crippen LogP contribution in [0.2, 0.25) is 0 Å². The van der Waals surface area contributed by atoms with Gasteiger partial charge in [0.2, 0.25) is 0 Å². The lowest BCUT2D eigenvalue weighted by atomic mass is 10.2. The Labute approximate surface area is 111 Å². The Morgan fingerprint density at radius 3 is 2.83 bits per heavy atom. The molecule has 0 aliphatic carbocycles. The van der Waals surface area contributed by atoms with Crippen LogP contribution in [0.3, 0.4) is 0 Å². The summed E-state index contributed by atoms with van der Waals surface area (Å²) < 4.78 is 0. The van der Waals surface area contributed by atoms with Gasteiger partial charge in [-0.1, -0.05) is 23.3 Å². The zero-order valence-corrected chi connectivity index (χ0v) is 10.8. The Bertz CT molecular complexity index is 467. The molecule has 18 heavy (non-hydrogen) atoms. The summed E-state index contributed by atoms with van der Waals surface area (Å²) >= 11 is 1.72. The Kier molecular flexibility index (Phi) is 7.22. The van der Waals surface area contributed by atoms with E-state index in [2.05, 4.69) is 27.6 Å². The maximum Gasteiger partial charge on any atom is 0.0991 e. The van der Waals surface area contributed by atoms with Crippen molar-refractivity contribution in [1.29, 1.82) is 5.26 Å². The average Bonchev–Trinajstić information content (AvgIpc) is 2.42. The molecule has 0 atom stereocenters. The molecule has 5 heteroatoms. The van der Waals surface area contributed by atoms with Crippen molar-refractivity contribution in [3.8, 4) is 6.07 Å². The fourth-order valence-corrected chi connectivity index (χ4v) is 2.03. The molecule has 0 heterocycles. The fourth-order valence-electron chi connectivity index (χ4n) is 1.28. The van der Waals surface area contributed by atoms with Crippen LogP contribution in [-0.2, 0) is 5.75 Å². The third-order valence-corrected chi connectivity index (χ3v) is 3.10. The van der Waals surface area contributed by atoms with E-state index in [9.17, 15) is 0 Å². The van der Waals surface area contributed by atoms with Gasteiger partial charge in [-0.25, -0.2) is 0 Å². The molecule has 0 amide bonds. The Hall–Kier alpha value is -1.89. The molecule has 1 rings (SSSR count). The number of hydrogen-bond donors (Lipinski definition) is 0. The molecule has 0 aliphatic heterocycles. The molecule has 0 bridgehead atoms. The summed E-state index contributed by atoms with van der Waals surface area (Å²) in [6.07, 6.45) is 3.90. The minimum Gasteiger partial charge on any atom is -0.192 e. The predicted molar refractivity (Wildman–Crippen MR) is 74.8 cm³/mol. The molecule has 0 unspecified atom stereocenters. The summed E-state index contributed by atoms with van der Waals surface area (Å²) in [5, 5.41) is 14.2. The van der Waals surface area contributed by atoms with Gasteiger partial charge in [-0.05, 0) is 41.5 Å². The summed E-state index contributed by atoms with van der Waals surface area (Å²) in [5.74, 6) is 0.901. The molecule has 0 aliphatic rings. The predicted octanol–water partition coefficient (Wildman–Crippen LogP) is 4.40. The highest BCUT2D eigenvalue weighted by molar-refractivity contribution is 8.01. The lowest BCUT2D eigenvalue weighted by Crippen LogP contribution is -1.80. The van der Waals surface area contributed by atoms with Crippen LogP contribution in [0.1, 0.15) is 24.0 Å². The highest BCUT2D eigenvalue weighted by Crippen LogP contribution is 2.14. The first-order valence-electron chi connectivity index (χ1n) is 5.63. The Balaban J connectivity index is 2.18. The SMILES string of the molecule is N#Cc1ccc(CS/C=C\CCCN=[N+]=[N-])cc1. The summed E-state index contributed by atoms with van der Waals surface area (Å²) in [4.78, 5) is 2.70. The maximum absolute atomic E-state index is 8.67. The highest BCUT2D eigenvalue weighted by atomic mass is 32.2. The van der Waals surface area contributed by atoms with Gasteiger partial charge in [0.05, 0.1) is 11.6 Å². The smallest absolute Gasteiger partial charge is 0.0991 e. The van der Waals surface area contributed by atoms with Gasteiger partial charge < -0.3 is 0 Å². The fraction of sp³-hybridized carbons (Fsp3) is 0.308. The zero-order chi connectivity index (χ0) is 13.1. The normalized spacial score (nSPS) is 9.94. The first kappa shape index (κ1) is 14.2. The van der Waals surface area contributed by atoms with Crippen LogP contribution in [-0.4, -0.2) is 6.54 Å². The molecule has 0 radical (unpaired) electrons. The van der Waals surface area contributed by atoms with Crippen molar-refractivity contribution in [3.05, 3.63) is 57.3 Å². The second-order valence-corrected chi connectivity index (χ2v) is 4.48. The summed E-state index contributed by atoms with van der Waals surface area (Å²) in [5.41, 5.74) is 9.98. The minimum atomic E-state index is 0.557. The summed E-state index contributed by atoms with van der Waals surface area (Å²) in [6, 6.07) is 9.71. The van der Waals surface area contributed by atoms with E-state index in [-0.39, 0.29) is 0 Å². The quantitative estimate of drug-likeness (QED) is 0.315. The zero-order valence-electron chi connectivity index (χ0n) is 9.99. The van der Waals surface area contributed by atoms with Crippen molar-refractivity contribution in [2.45, 2.75) is 18.6 Å². The van der Waals surface area contributed by atoms with Gasteiger partial charge in [0.25, 0.3) is 0 Å². The molecule has 1 aromatic carbocycles. The van der Waals surface area contributed by atoms with Crippen LogP contribution >= 0.6 is 11.8 Å². The average molecular weight is 258 g/mol. The molecule has 1 aromatic rings. The van der Waals surface area contributed by atoms with Crippen molar-refractivity contribution in [2.75, 3.05) is 6.54 Å². The minimum absolute atomic E-state index is 0.557. The number of unbranched alkanes of at least 4 members (excludes halogenated alkanes) is 1. The number of allylic oxidation sites excluding steroid dienone is 1. The van der Waals surface area contributed by atoms with Gasteiger partial charge in [-0.2, -0.15) is 5.26 Å². The Morgan fingerprint density at radius 1 is 1.39 bits per heavy atom. The first-order chi connectivity index (χ1) is 8.86. The Morgan fingerprint density at radius 2 is 2.17 bits per heavy atom. The van der Waals surface area contributed by atoms with Crippen molar-refractivity contribution < 1.29 is 0 Å². The number of thioether (sulfide) groups is 1. The second kappa shape index (κ2) is 9.17. The van der Waals surface area contributed by atoms with E-state index in [1.807, 2.05) is 24.3 Å². The van der Waals surface area contributed by atoms with E-state index in [4.69, 9.17) is 10.8 Å². The van der Waals surface area contributed by atoms with Gasteiger partial charge >= 0.3 is 0 Å². The van der Waals surface area contributed by atoms with Crippen LogP contribution < -0.4 is 0 Å². The third kappa shape index (κ3) is 6.00. The van der Waals surface area contributed by atoms with Gasteiger partial charge in [-0.15, -0.1) is 11.8 Å². The largest absolute Gasteiger partial charge is 0.192 e. The molecule has 0 N–H and O–H groups in total. The number of hydrogen-bond acceptors (Lipinski definition) is 3. The van der Waals surface area contributed by atoms with Crippen molar-refractivity contribution >= 4 is 11.8 Å². The van der Waals surface area contributed by atoms with Crippen LogP contribution in [0.25, 0.3) is 10.4 Å². The van der Waals surface area contributed by atoms with Crippen LogP contribution in [0.15, 0.2) is 40.9 Å². The maximum atomic E-state index is 8.67. The van der Waals surface area contributed by atoms with E-state index < -0.39 is 0 Å². The van der Waals surface area contributed by atoms with Crippen LogP contribution in [0, 0.1) is 11.3 Å². The van der Waals surface area contributed by atoms with Gasteiger partial charge in [0.1, 0.15) is 0 Å². The molecule has 0 aromatic heterocycles. The van der Waals surface area contributed by atoms with E-state index >= 15 is 0 Å². The topological polar surface area (TPSA) is 72.5 Å². The molecule has 0 fully saturated rings. The number of azide groups is 1. The van der Waals surface area contributed by atoms with E-state index in [0.717, 1.165) is 18.6 Å². The molecule has 4 nitrogen and oxygen atoms in total. The number of nitrogens with zero attached hydrogens (tertiary/aromatic N) is 4. The molecule has 0 spiro atoms. The molecule has 0 saturated heterocycles. The van der Waals surface area contributed by atoms with Gasteiger partial charge in [0.15, 0.2) is 0 Å². The van der Waals surface area contributed by atoms with Gasteiger partial charge in [0, 0.05) is 17.2 Å². The first-order valence-corrected chi connectivity index (χ1v) is 6.68. The molecular weight excluding hydrogens is 244 g/mol. The van der Waals surface area contributed by atoms with Crippen molar-refractivity contribution in [2.24, 2.45) is 5.11 Å². The van der Waals surface area contributed by atoms with Gasteiger partial charge in [-0.3, -0.25) is 0 Å². The second-order valence-electron chi connectivity index (χ2n) is 3.59. The third-order valence-electron chi connectivity index (χ3n) is 2.22.